The SMILES string of the molecule is CN1CCN(Cc2ccc(Nc3[c]cnc4ccc(Br)cc34)cc2)CC1. The Hall–Kier alpha value is -1.95. The topological polar surface area (TPSA) is 31.4 Å². The summed E-state index contributed by atoms with van der Waals surface area (Å²) < 4.78 is 1.04. The maximum Gasteiger partial charge on any atom is 0.0724 e. The van der Waals surface area contributed by atoms with Gasteiger partial charge in [-0.2, -0.15) is 0 Å². The normalized spacial score (nSPS) is 16.1. The molecule has 2 aromatic carbocycles. The number of aromatic nitrogens is 1. The summed E-state index contributed by atoms with van der Waals surface area (Å²) in [6.07, 6.45) is 1.72. The van der Waals surface area contributed by atoms with E-state index < -0.39 is 0 Å². The Morgan fingerprint density at radius 2 is 1.85 bits per heavy atom. The minimum atomic E-state index is 0.947. The molecular weight excluding hydrogens is 388 g/mol. The number of nitrogens with one attached hydrogen (secondary N) is 1. The summed E-state index contributed by atoms with van der Waals surface area (Å²) in [5.41, 5.74) is 4.33. The summed E-state index contributed by atoms with van der Waals surface area (Å²) in [7, 11) is 2.19. The van der Waals surface area contributed by atoms with Gasteiger partial charge in [0.25, 0.3) is 0 Å². The standard InChI is InChI=1S/C21H22BrN4/c1-25-10-12-26(13-11-25)15-16-2-5-18(6-3-16)24-21-8-9-23-20-7-4-17(22)14-19(20)21/h2-7,9,14H,10-13,15H2,1H3,(H,23,24). The van der Waals surface area contributed by atoms with Crippen LogP contribution in [0.3, 0.4) is 0 Å². The molecule has 4 nitrogen and oxygen atoms in total. The molecule has 0 aliphatic carbocycles. The smallest absolute Gasteiger partial charge is 0.0724 e. The summed E-state index contributed by atoms with van der Waals surface area (Å²) in [5.74, 6) is 0. The number of piperazine rings is 1. The van der Waals surface area contributed by atoms with Gasteiger partial charge in [-0.05, 0) is 42.9 Å². The molecule has 1 saturated heterocycles. The van der Waals surface area contributed by atoms with Gasteiger partial charge in [0, 0.05) is 60.5 Å². The highest BCUT2D eigenvalue weighted by Crippen LogP contribution is 2.27. The molecule has 5 heteroatoms. The van der Waals surface area contributed by atoms with Crippen molar-refractivity contribution in [3.8, 4) is 0 Å². The van der Waals surface area contributed by atoms with E-state index in [4.69, 9.17) is 0 Å². The van der Waals surface area contributed by atoms with Gasteiger partial charge in [0.1, 0.15) is 0 Å². The Morgan fingerprint density at radius 3 is 2.62 bits per heavy atom. The fourth-order valence-electron chi connectivity index (χ4n) is 3.27. The van der Waals surface area contributed by atoms with Crippen LogP contribution in [0, 0.1) is 6.07 Å². The molecule has 133 valence electrons. The van der Waals surface area contributed by atoms with Crippen molar-refractivity contribution < 1.29 is 0 Å². The van der Waals surface area contributed by atoms with Crippen LogP contribution >= 0.6 is 15.9 Å². The predicted molar refractivity (Wildman–Crippen MR) is 111 cm³/mol. The van der Waals surface area contributed by atoms with Crippen LogP contribution in [0.5, 0.6) is 0 Å². The maximum absolute atomic E-state index is 4.38. The molecule has 0 saturated carbocycles. The zero-order valence-corrected chi connectivity index (χ0v) is 16.5. The Labute approximate surface area is 163 Å². The summed E-state index contributed by atoms with van der Waals surface area (Å²) in [6, 6.07) is 18.0. The third-order valence-electron chi connectivity index (χ3n) is 4.87. The molecule has 26 heavy (non-hydrogen) atoms. The van der Waals surface area contributed by atoms with Crippen molar-refractivity contribution in [1.29, 1.82) is 0 Å². The molecule has 0 spiro atoms. The van der Waals surface area contributed by atoms with Crippen molar-refractivity contribution in [2.75, 3.05) is 38.5 Å². The second-order valence-corrected chi connectivity index (χ2v) is 7.76. The number of nitrogens with zero attached hydrogens (tertiary/aromatic N) is 3. The molecule has 0 bridgehead atoms. The maximum atomic E-state index is 4.38. The quantitative estimate of drug-likeness (QED) is 0.696. The first-order valence-corrected chi connectivity index (χ1v) is 9.69. The van der Waals surface area contributed by atoms with E-state index in [0.717, 1.165) is 59.5 Å². The van der Waals surface area contributed by atoms with Gasteiger partial charge in [-0.3, -0.25) is 9.88 Å². The average molecular weight is 410 g/mol. The lowest BCUT2D eigenvalue weighted by Gasteiger charge is -2.32. The van der Waals surface area contributed by atoms with Crippen LogP contribution in [0.25, 0.3) is 10.9 Å². The third kappa shape index (κ3) is 4.06. The molecule has 1 aliphatic rings. The number of hydrogen-bond acceptors (Lipinski definition) is 4. The summed E-state index contributed by atoms with van der Waals surface area (Å²) in [5, 5.41) is 4.53. The second kappa shape index (κ2) is 7.74. The first kappa shape index (κ1) is 17.5. The van der Waals surface area contributed by atoms with E-state index in [9.17, 15) is 0 Å². The molecule has 4 rings (SSSR count). The Bertz CT molecular complexity index is 886. The lowest BCUT2D eigenvalue weighted by atomic mass is 10.1. The number of halogens is 1. The van der Waals surface area contributed by atoms with E-state index in [1.165, 1.54) is 5.56 Å². The lowest BCUT2D eigenvalue weighted by Crippen LogP contribution is -2.43. The van der Waals surface area contributed by atoms with Gasteiger partial charge < -0.3 is 10.2 Å². The third-order valence-corrected chi connectivity index (χ3v) is 5.36. The highest BCUT2D eigenvalue weighted by molar-refractivity contribution is 9.10. The first-order valence-electron chi connectivity index (χ1n) is 8.90. The average Bonchev–Trinajstić information content (AvgIpc) is 2.66. The van der Waals surface area contributed by atoms with Crippen molar-refractivity contribution in [2.24, 2.45) is 0 Å². The van der Waals surface area contributed by atoms with Crippen molar-refractivity contribution in [2.45, 2.75) is 6.54 Å². The number of pyridine rings is 1. The highest BCUT2D eigenvalue weighted by atomic mass is 79.9. The number of anilines is 2. The lowest BCUT2D eigenvalue weighted by molar-refractivity contribution is 0.148. The Morgan fingerprint density at radius 1 is 1.08 bits per heavy atom. The van der Waals surface area contributed by atoms with Gasteiger partial charge in [0.15, 0.2) is 0 Å². The van der Waals surface area contributed by atoms with E-state index in [1.807, 2.05) is 12.1 Å². The van der Waals surface area contributed by atoms with Crippen LogP contribution in [0.1, 0.15) is 5.56 Å². The molecule has 1 radical (unpaired) electrons. The molecule has 2 heterocycles. The van der Waals surface area contributed by atoms with E-state index >= 15 is 0 Å². The Kier molecular flexibility index (Phi) is 5.20. The molecule has 1 aromatic heterocycles. The van der Waals surface area contributed by atoms with Crippen LogP contribution in [0.15, 0.2) is 53.1 Å². The van der Waals surface area contributed by atoms with Crippen molar-refractivity contribution in [3.63, 3.8) is 0 Å². The molecule has 1 N–H and O–H groups in total. The molecule has 0 amide bonds. The zero-order chi connectivity index (χ0) is 17.9. The number of fused-ring (bicyclic) bond motifs is 1. The second-order valence-electron chi connectivity index (χ2n) is 6.84. The number of benzene rings is 2. The molecule has 0 atom stereocenters. The van der Waals surface area contributed by atoms with Crippen LogP contribution in [-0.4, -0.2) is 48.0 Å². The van der Waals surface area contributed by atoms with E-state index in [2.05, 4.69) is 79.5 Å². The van der Waals surface area contributed by atoms with Crippen LogP contribution < -0.4 is 5.32 Å². The van der Waals surface area contributed by atoms with Gasteiger partial charge in [0.05, 0.1) is 11.2 Å². The zero-order valence-electron chi connectivity index (χ0n) is 14.9. The fraction of sp³-hybridized carbons (Fsp3) is 0.286. The van der Waals surface area contributed by atoms with Crippen LogP contribution in [0.4, 0.5) is 11.4 Å². The minimum absolute atomic E-state index is 0.947. The summed E-state index contributed by atoms with van der Waals surface area (Å²) in [4.78, 5) is 9.29. The first-order chi connectivity index (χ1) is 12.7. The van der Waals surface area contributed by atoms with E-state index in [0.29, 0.717) is 0 Å². The Balaban J connectivity index is 1.47. The predicted octanol–water partition coefficient (Wildman–Crippen LogP) is 4.29. The number of likely N-dealkylation sites (N-methyl/N-ethyl adjacent to an activating group) is 1. The monoisotopic (exact) mass is 409 g/mol. The molecule has 1 aliphatic heterocycles. The van der Waals surface area contributed by atoms with Gasteiger partial charge in [-0.25, -0.2) is 0 Å². The van der Waals surface area contributed by atoms with Crippen molar-refractivity contribution in [1.82, 2.24) is 14.8 Å². The summed E-state index contributed by atoms with van der Waals surface area (Å²) in [6.45, 7) is 5.61. The van der Waals surface area contributed by atoms with Gasteiger partial charge >= 0.3 is 0 Å². The van der Waals surface area contributed by atoms with E-state index in [-0.39, 0.29) is 0 Å². The fourth-order valence-corrected chi connectivity index (χ4v) is 3.63. The van der Waals surface area contributed by atoms with Gasteiger partial charge in [-0.15, -0.1) is 0 Å². The minimum Gasteiger partial charge on any atom is -0.354 e. The molecular formula is C21H22BrN4. The molecule has 1 fully saturated rings. The molecule has 0 unspecified atom stereocenters. The van der Waals surface area contributed by atoms with Crippen LogP contribution in [0.2, 0.25) is 0 Å². The van der Waals surface area contributed by atoms with Crippen LogP contribution in [-0.2, 0) is 6.54 Å². The van der Waals surface area contributed by atoms with Crippen molar-refractivity contribution >= 4 is 38.2 Å². The number of hydrogen-bond donors (Lipinski definition) is 1. The summed E-state index contributed by atoms with van der Waals surface area (Å²) >= 11 is 3.54. The largest absolute Gasteiger partial charge is 0.354 e. The number of rotatable bonds is 4. The van der Waals surface area contributed by atoms with Gasteiger partial charge in [0.2, 0.25) is 0 Å². The van der Waals surface area contributed by atoms with Crippen molar-refractivity contribution in [3.05, 3.63) is 64.8 Å². The molecule has 3 aromatic rings. The van der Waals surface area contributed by atoms with E-state index in [1.54, 1.807) is 6.20 Å². The highest BCUT2D eigenvalue weighted by Gasteiger charge is 2.13. The van der Waals surface area contributed by atoms with Gasteiger partial charge in [-0.1, -0.05) is 28.1 Å².